The van der Waals surface area contributed by atoms with E-state index in [2.05, 4.69) is 30.9 Å². The van der Waals surface area contributed by atoms with Crippen LogP contribution in [0.1, 0.15) is 39.2 Å². The molecule has 6 heteroatoms. The number of amides is 2. The highest BCUT2D eigenvalue weighted by Gasteiger charge is 2.22. The maximum Gasteiger partial charge on any atom is 0.222 e. The third-order valence-corrected chi connectivity index (χ3v) is 5.63. The fourth-order valence-electron chi connectivity index (χ4n) is 3.78. The molecule has 0 radical (unpaired) electrons. The van der Waals surface area contributed by atoms with Gasteiger partial charge in [0.15, 0.2) is 0 Å². The summed E-state index contributed by atoms with van der Waals surface area (Å²) in [7, 11) is 1.68. The number of piperazine rings is 1. The lowest BCUT2D eigenvalue weighted by Gasteiger charge is -2.34. The summed E-state index contributed by atoms with van der Waals surface area (Å²) in [6.45, 7) is 10.5. The van der Waals surface area contributed by atoms with Gasteiger partial charge in [0.25, 0.3) is 0 Å². The first kappa shape index (κ1) is 22.2. The first-order valence-corrected chi connectivity index (χ1v) is 10.3. The van der Waals surface area contributed by atoms with Gasteiger partial charge in [0.2, 0.25) is 11.8 Å². The molecule has 1 saturated heterocycles. The molecular formula is C22H35N3O3. The Labute approximate surface area is 169 Å². The average Bonchev–Trinajstić information content (AvgIpc) is 2.71. The van der Waals surface area contributed by atoms with Crippen LogP contribution in [0.2, 0.25) is 0 Å². The van der Waals surface area contributed by atoms with Crippen molar-refractivity contribution in [3.8, 4) is 5.75 Å². The topological polar surface area (TPSA) is 53.1 Å². The van der Waals surface area contributed by atoms with Gasteiger partial charge in [-0.3, -0.25) is 9.59 Å². The average molecular weight is 390 g/mol. The Balaban J connectivity index is 1.73. The van der Waals surface area contributed by atoms with Gasteiger partial charge in [-0.05, 0) is 50.6 Å². The van der Waals surface area contributed by atoms with Crippen molar-refractivity contribution < 1.29 is 14.3 Å². The van der Waals surface area contributed by atoms with Crippen molar-refractivity contribution >= 4 is 11.8 Å². The zero-order valence-electron chi connectivity index (χ0n) is 17.8. The summed E-state index contributed by atoms with van der Waals surface area (Å²) in [6.07, 6.45) is 2.43. The molecule has 1 atom stereocenters. The minimum atomic E-state index is 0.0940. The van der Waals surface area contributed by atoms with Gasteiger partial charge in [-0.15, -0.1) is 0 Å². The third kappa shape index (κ3) is 6.51. The summed E-state index contributed by atoms with van der Waals surface area (Å²) in [5, 5.41) is 0. The highest BCUT2D eigenvalue weighted by Crippen LogP contribution is 2.15. The van der Waals surface area contributed by atoms with E-state index in [0.29, 0.717) is 38.6 Å². The monoisotopic (exact) mass is 389 g/mol. The third-order valence-electron chi connectivity index (χ3n) is 5.63. The molecule has 0 bridgehead atoms. The largest absolute Gasteiger partial charge is 0.497 e. The Hall–Kier alpha value is -2.08. The minimum absolute atomic E-state index is 0.0940. The van der Waals surface area contributed by atoms with Crippen LogP contribution in [-0.2, 0) is 16.0 Å². The van der Waals surface area contributed by atoms with Gasteiger partial charge < -0.3 is 19.4 Å². The molecule has 2 rings (SSSR count). The number of hydrogen-bond donors (Lipinski definition) is 0. The molecule has 0 saturated carbocycles. The summed E-state index contributed by atoms with van der Waals surface area (Å²) < 4.78 is 5.22. The molecule has 1 fully saturated rings. The van der Waals surface area contributed by atoms with Crippen LogP contribution in [0.15, 0.2) is 24.3 Å². The Kier molecular flexibility index (Phi) is 8.77. The van der Waals surface area contributed by atoms with Crippen molar-refractivity contribution in [3.63, 3.8) is 0 Å². The minimum Gasteiger partial charge on any atom is -0.497 e. The van der Waals surface area contributed by atoms with Gasteiger partial charge in [0.1, 0.15) is 5.75 Å². The maximum absolute atomic E-state index is 12.5. The molecule has 156 valence electrons. The van der Waals surface area contributed by atoms with Gasteiger partial charge in [-0.25, -0.2) is 0 Å². The molecule has 0 aromatic heterocycles. The molecule has 28 heavy (non-hydrogen) atoms. The number of carbonyl (C=O) groups excluding carboxylic acids is 2. The number of likely N-dealkylation sites (N-methyl/N-ethyl adjacent to an activating group) is 1. The lowest BCUT2D eigenvalue weighted by molar-refractivity contribution is -0.138. The quantitative estimate of drug-likeness (QED) is 0.651. The molecule has 6 nitrogen and oxygen atoms in total. The van der Waals surface area contributed by atoms with Crippen LogP contribution < -0.4 is 4.74 Å². The first-order valence-electron chi connectivity index (χ1n) is 10.3. The second-order valence-corrected chi connectivity index (χ2v) is 7.52. The molecule has 1 aliphatic heterocycles. The van der Waals surface area contributed by atoms with E-state index in [9.17, 15) is 9.59 Å². The highest BCUT2D eigenvalue weighted by atomic mass is 16.5. The van der Waals surface area contributed by atoms with E-state index in [1.54, 1.807) is 14.0 Å². The van der Waals surface area contributed by atoms with Crippen LogP contribution >= 0.6 is 0 Å². The van der Waals surface area contributed by atoms with Crippen LogP contribution in [0.4, 0.5) is 0 Å². The Bertz CT molecular complexity index is 624. The van der Waals surface area contributed by atoms with E-state index in [0.717, 1.165) is 31.7 Å². The van der Waals surface area contributed by atoms with E-state index in [-0.39, 0.29) is 11.8 Å². The van der Waals surface area contributed by atoms with Crippen LogP contribution in [0.3, 0.4) is 0 Å². The highest BCUT2D eigenvalue weighted by molar-refractivity contribution is 5.77. The second kappa shape index (κ2) is 11.1. The van der Waals surface area contributed by atoms with Crippen molar-refractivity contribution in [1.82, 2.24) is 14.7 Å². The number of carbonyl (C=O) groups is 2. The lowest BCUT2D eigenvalue weighted by atomic mass is 10.1. The number of benzene rings is 1. The van der Waals surface area contributed by atoms with E-state index in [1.165, 1.54) is 5.56 Å². The predicted molar refractivity (Wildman–Crippen MR) is 111 cm³/mol. The summed E-state index contributed by atoms with van der Waals surface area (Å²) in [4.78, 5) is 30.0. The zero-order chi connectivity index (χ0) is 20.5. The number of ether oxygens (including phenoxy) is 1. The molecule has 1 aromatic carbocycles. The zero-order valence-corrected chi connectivity index (χ0v) is 17.8. The lowest BCUT2D eigenvalue weighted by Crippen LogP contribution is -2.50. The van der Waals surface area contributed by atoms with Gasteiger partial charge >= 0.3 is 0 Å². The molecule has 1 heterocycles. The Morgan fingerprint density at radius 2 is 1.71 bits per heavy atom. The SMILES string of the molecule is CCN(CCCC(=O)N1CCN(C(C)=O)CC1)C(C)Cc1ccc(OC)cc1. The van der Waals surface area contributed by atoms with Crippen LogP contribution in [0.25, 0.3) is 0 Å². The summed E-state index contributed by atoms with van der Waals surface area (Å²) in [6, 6.07) is 8.67. The van der Waals surface area contributed by atoms with Gasteiger partial charge in [0, 0.05) is 45.6 Å². The van der Waals surface area contributed by atoms with Crippen molar-refractivity contribution in [2.75, 3.05) is 46.4 Å². The number of rotatable bonds is 9. The number of hydrogen-bond acceptors (Lipinski definition) is 4. The summed E-state index contributed by atoms with van der Waals surface area (Å²) in [5.41, 5.74) is 1.30. The van der Waals surface area contributed by atoms with E-state index >= 15 is 0 Å². The molecule has 2 amide bonds. The Morgan fingerprint density at radius 1 is 1.11 bits per heavy atom. The number of nitrogens with zero attached hydrogens (tertiary/aromatic N) is 3. The van der Waals surface area contributed by atoms with Crippen LogP contribution in [-0.4, -0.2) is 78.9 Å². The summed E-state index contributed by atoms with van der Waals surface area (Å²) in [5.74, 6) is 1.19. The Morgan fingerprint density at radius 3 is 2.25 bits per heavy atom. The van der Waals surface area contributed by atoms with Crippen molar-refractivity contribution in [1.29, 1.82) is 0 Å². The van der Waals surface area contributed by atoms with Gasteiger partial charge in [-0.1, -0.05) is 19.1 Å². The van der Waals surface area contributed by atoms with Crippen molar-refractivity contribution in [2.45, 2.75) is 46.1 Å². The predicted octanol–water partition coefficient (Wildman–Crippen LogP) is 2.42. The smallest absolute Gasteiger partial charge is 0.222 e. The second-order valence-electron chi connectivity index (χ2n) is 7.52. The fourth-order valence-corrected chi connectivity index (χ4v) is 3.78. The molecule has 1 unspecified atom stereocenters. The molecule has 0 spiro atoms. The summed E-state index contributed by atoms with van der Waals surface area (Å²) >= 11 is 0. The van der Waals surface area contributed by atoms with Crippen molar-refractivity contribution in [3.05, 3.63) is 29.8 Å². The number of methoxy groups -OCH3 is 1. The molecule has 0 aliphatic carbocycles. The fraction of sp³-hybridized carbons (Fsp3) is 0.636. The van der Waals surface area contributed by atoms with E-state index < -0.39 is 0 Å². The normalized spacial score (nSPS) is 15.6. The van der Waals surface area contributed by atoms with E-state index in [1.807, 2.05) is 21.9 Å². The van der Waals surface area contributed by atoms with Crippen LogP contribution in [0.5, 0.6) is 5.75 Å². The molecule has 0 N–H and O–H groups in total. The molecule has 1 aromatic rings. The first-order chi connectivity index (χ1) is 13.4. The molecule has 1 aliphatic rings. The van der Waals surface area contributed by atoms with Crippen LogP contribution in [0, 0.1) is 0 Å². The maximum atomic E-state index is 12.5. The van der Waals surface area contributed by atoms with Gasteiger partial charge in [0.05, 0.1) is 7.11 Å². The van der Waals surface area contributed by atoms with E-state index in [4.69, 9.17) is 4.74 Å². The standard InChI is InChI=1S/C22H35N3O3/c1-5-23(18(2)17-20-8-10-21(28-4)11-9-20)12-6-7-22(27)25-15-13-24(14-16-25)19(3)26/h8-11,18H,5-7,12-17H2,1-4H3. The molecular weight excluding hydrogens is 354 g/mol. The van der Waals surface area contributed by atoms with Gasteiger partial charge in [-0.2, -0.15) is 0 Å². The van der Waals surface area contributed by atoms with Crippen molar-refractivity contribution in [2.24, 2.45) is 0 Å².